The molecule has 0 saturated carbocycles. The molecule has 4 heteroatoms. The summed E-state index contributed by atoms with van der Waals surface area (Å²) in [7, 11) is 0. The van der Waals surface area contributed by atoms with E-state index in [2.05, 4.69) is 12.2 Å². The van der Waals surface area contributed by atoms with Gasteiger partial charge in [0.25, 0.3) is 5.91 Å². The Labute approximate surface area is 159 Å². The molecule has 136 valence electrons. The lowest BCUT2D eigenvalue weighted by molar-refractivity contribution is -0.110. The number of rotatable bonds is 5. The molecule has 1 aromatic heterocycles. The highest BCUT2D eigenvalue weighted by atomic mass is 35.5. The van der Waals surface area contributed by atoms with Crippen molar-refractivity contribution in [1.82, 2.24) is 0 Å². The van der Waals surface area contributed by atoms with Crippen LogP contribution in [0.2, 0.25) is 5.02 Å². The van der Waals surface area contributed by atoms with Gasteiger partial charge < -0.3 is 9.73 Å². The number of hydrogen-bond acceptors (Lipinski definition) is 2. The van der Waals surface area contributed by atoms with Crippen LogP contribution in [0.5, 0.6) is 0 Å². The smallest absolute Gasteiger partial charge is 0.256 e. The third kappa shape index (κ3) is 3.21. The van der Waals surface area contributed by atoms with E-state index in [-0.39, 0.29) is 5.91 Å². The number of aryl methyl sites for hydroxylation is 1. The summed E-state index contributed by atoms with van der Waals surface area (Å²) < 4.78 is 6.23. The standard InChI is InChI=1S/C22H24ClNO2/c1-2-3-4-7-16-15-8-5-6-9-20(15)26-21(16)13-18-17-12-14(23)10-11-19(17)24-22(18)25/h10-13H,2-9H2,1H3,(H,24,25). The Morgan fingerprint density at radius 1 is 1.23 bits per heavy atom. The van der Waals surface area contributed by atoms with Crippen molar-refractivity contribution in [2.45, 2.75) is 58.3 Å². The van der Waals surface area contributed by atoms with Crippen molar-refractivity contribution < 1.29 is 9.21 Å². The zero-order chi connectivity index (χ0) is 18.1. The van der Waals surface area contributed by atoms with E-state index in [4.69, 9.17) is 16.0 Å². The van der Waals surface area contributed by atoms with Gasteiger partial charge in [0.15, 0.2) is 0 Å². The average molecular weight is 370 g/mol. The topological polar surface area (TPSA) is 42.2 Å². The molecule has 1 amide bonds. The molecule has 0 spiro atoms. The van der Waals surface area contributed by atoms with E-state index >= 15 is 0 Å². The maximum Gasteiger partial charge on any atom is 0.256 e. The summed E-state index contributed by atoms with van der Waals surface area (Å²) in [5, 5.41) is 3.55. The van der Waals surface area contributed by atoms with Gasteiger partial charge >= 0.3 is 0 Å². The molecule has 0 saturated heterocycles. The second-order valence-electron chi connectivity index (χ2n) is 7.21. The minimum absolute atomic E-state index is 0.0869. The minimum Gasteiger partial charge on any atom is -0.461 e. The number of unbranched alkanes of at least 4 members (excludes halogenated alkanes) is 2. The van der Waals surface area contributed by atoms with Crippen LogP contribution in [-0.2, 0) is 24.1 Å². The van der Waals surface area contributed by atoms with Gasteiger partial charge in [-0.2, -0.15) is 0 Å². The number of fused-ring (bicyclic) bond motifs is 2. The number of carbonyl (C=O) groups excluding carboxylic acids is 1. The molecule has 0 unspecified atom stereocenters. The molecule has 0 bridgehead atoms. The summed E-state index contributed by atoms with van der Waals surface area (Å²) >= 11 is 6.15. The number of anilines is 1. The van der Waals surface area contributed by atoms with Gasteiger partial charge in [-0.05, 0) is 61.9 Å². The Morgan fingerprint density at radius 3 is 2.92 bits per heavy atom. The molecule has 1 N–H and O–H groups in total. The lowest BCUT2D eigenvalue weighted by atomic mass is 9.92. The third-order valence-electron chi connectivity index (χ3n) is 5.38. The van der Waals surface area contributed by atoms with Crippen molar-refractivity contribution in [1.29, 1.82) is 0 Å². The summed E-state index contributed by atoms with van der Waals surface area (Å²) in [5.41, 5.74) is 5.02. The fraction of sp³-hybridized carbons (Fsp3) is 0.409. The molecule has 0 radical (unpaired) electrons. The van der Waals surface area contributed by atoms with Crippen molar-refractivity contribution in [3.05, 3.63) is 51.4 Å². The van der Waals surface area contributed by atoms with Gasteiger partial charge in [-0.15, -0.1) is 0 Å². The molecule has 2 aliphatic rings. The van der Waals surface area contributed by atoms with E-state index in [1.165, 1.54) is 36.8 Å². The summed E-state index contributed by atoms with van der Waals surface area (Å²) in [4.78, 5) is 12.5. The number of amides is 1. The fourth-order valence-electron chi connectivity index (χ4n) is 4.03. The molecule has 4 rings (SSSR count). The van der Waals surface area contributed by atoms with Crippen molar-refractivity contribution in [2.24, 2.45) is 0 Å². The van der Waals surface area contributed by atoms with Gasteiger partial charge in [0, 0.05) is 28.3 Å². The van der Waals surface area contributed by atoms with Gasteiger partial charge in [0.05, 0.1) is 5.57 Å². The predicted octanol–water partition coefficient (Wildman–Crippen LogP) is 6.04. The van der Waals surface area contributed by atoms with Gasteiger partial charge in [-0.1, -0.05) is 31.4 Å². The second kappa shape index (κ2) is 7.32. The highest BCUT2D eigenvalue weighted by molar-refractivity contribution is 6.36. The molecule has 0 fully saturated rings. The van der Waals surface area contributed by atoms with E-state index < -0.39 is 0 Å². The fourth-order valence-corrected chi connectivity index (χ4v) is 4.20. The summed E-state index contributed by atoms with van der Waals surface area (Å²) in [6.45, 7) is 2.22. The number of furan rings is 1. The molecule has 0 atom stereocenters. The van der Waals surface area contributed by atoms with Crippen LogP contribution in [0.3, 0.4) is 0 Å². The highest BCUT2D eigenvalue weighted by Gasteiger charge is 2.27. The van der Waals surface area contributed by atoms with Crippen LogP contribution in [0.25, 0.3) is 11.6 Å². The van der Waals surface area contributed by atoms with Crippen LogP contribution in [0.4, 0.5) is 5.69 Å². The summed E-state index contributed by atoms with van der Waals surface area (Å²) in [6, 6.07) is 5.50. The van der Waals surface area contributed by atoms with E-state index in [9.17, 15) is 4.79 Å². The molecule has 1 aliphatic heterocycles. The molecule has 1 aliphatic carbocycles. The normalized spacial score (nSPS) is 17.3. The van der Waals surface area contributed by atoms with Crippen LogP contribution in [-0.4, -0.2) is 5.91 Å². The zero-order valence-corrected chi connectivity index (χ0v) is 15.9. The van der Waals surface area contributed by atoms with Crippen molar-refractivity contribution in [3.8, 4) is 0 Å². The molecule has 26 heavy (non-hydrogen) atoms. The first kappa shape index (κ1) is 17.4. The molecular formula is C22H24ClNO2. The van der Waals surface area contributed by atoms with Gasteiger partial charge in [0.2, 0.25) is 0 Å². The maximum absolute atomic E-state index is 12.5. The highest BCUT2D eigenvalue weighted by Crippen LogP contribution is 2.38. The van der Waals surface area contributed by atoms with Crippen LogP contribution >= 0.6 is 11.6 Å². The summed E-state index contributed by atoms with van der Waals surface area (Å²) in [5.74, 6) is 1.90. The van der Waals surface area contributed by atoms with Crippen molar-refractivity contribution >= 4 is 34.8 Å². The Kier molecular flexibility index (Phi) is 4.90. The van der Waals surface area contributed by atoms with E-state index in [1.807, 2.05) is 18.2 Å². The number of nitrogens with one attached hydrogen (secondary N) is 1. The van der Waals surface area contributed by atoms with Crippen LogP contribution in [0.1, 0.15) is 67.2 Å². The zero-order valence-electron chi connectivity index (χ0n) is 15.2. The first-order valence-corrected chi connectivity index (χ1v) is 10.0. The Bertz CT molecular complexity index is 879. The molecule has 2 heterocycles. The van der Waals surface area contributed by atoms with E-state index in [0.29, 0.717) is 10.6 Å². The lowest BCUT2D eigenvalue weighted by Crippen LogP contribution is -2.04. The molecular weight excluding hydrogens is 346 g/mol. The number of carbonyl (C=O) groups is 1. The monoisotopic (exact) mass is 369 g/mol. The third-order valence-corrected chi connectivity index (χ3v) is 5.62. The van der Waals surface area contributed by atoms with Gasteiger partial charge in [-0.3, -0.25) is 4.79 Å². The SMILES string of the molecule is CCCCCc1c(C=C2C(=O)Nc3ccc(Cl)cc32)oc2c1CCCC2. The predicted molar refractivity (Wildman–Crippen MR) is 107 cm³/mol. The largest absolute Gasteiger partial charge is 0.461 e. The van der Waals surface area contributed by atoms with Gasteiger partial charge in [0.1, 0.15) is 11.5 Å². The molecule has 1 aromatic carbocycles. The van der Waals surface area contributed by atoms with Crippen molar-refractivity contribution in [3.63, 3.8) is 0 Å². The van der Waals surface area contributed by atoms with E-state index in [0.717, 1.165) is 48.5 Å². The maximum atomic E-state index is 12.5. The lowest BCUT2D eigenvalue weighted by Gasteiger charge is -2.10. The first-order chi connectivity index (χ1) is 12.7. The second-order valence-corrected chi connectivity index (χ2v) is 7.65. The first-order valence-electron chi connectivity index (χ1n) is 9.63. The Balaban J connectivity index is 1.76. The van der Waals surface area contributed by atoms with E-state index in [1.54, 1.807) is 6.07 Å². The number of hydrogen-bond donors (Lipinski definition) is 1. The van der Waals surface area contributed by atoms with Crippen LogP contribution < -0.4 is 5.32 Å². The molecule has 2 aromatic rings. The van der Waals surface area contributed by atoms with Crippen LogP contribution in [0, 0.1) is 0 Å². The number of benzene rings is 1. The minimum atomic E-state index is -0.0869. The number of halogens is 1. The Morgan fingerprint density at radius 2 is 2.08 bits per heavy atom. The van der Waals surface area contributed by atoms with Crippen LogP contribution in [0.15, 0.2) is 22.6 Å². The molecule has 3 nitrogen and oxygen atoms in total. The summed E-state index contributed by atoms with van der Waals surface area (Å²) in [6.07, 6.45) is 11.0. The van der Waals surface area contributed by atoms with Gasteiger partial charge in [-0.25, -0.2) is 0 Å². The van der Waals surface area contributed by atoms with Crippen molar-refractivity contribution in [2.75, 3.05) is 5.32 Å². The quantitative estimate of drug-likeness (QED) is 0.515. The average Bonchev–Trinajstić information content (AvgIpc) is 3.13. The Hall–Kier alpha value is -2.00.